The van der Waals surface area contributed by atoms with Crippen molar-refractivity contribution in [3.05, 3.63) is 0 Å². The molecule has 1 saturated heterocycles. The van der Waals surface area contributed by atoms with Crippen molar-refractivity contribution >= 4 is 5.91 Å². The van der Waals surface area contributed by atoms with Crippen molar-refractivity contribution in [2.45, 2.75) is 32.6 Å². The van der Waals surface area contributed by atoms with Gasteiger partial charge in [0.15, 0.2) is 0 Å². The Morgan fingerprint density at radius 3 is 2.59 bits per heavy atom. The lowest BCUT2D eigenvalue weighted by Gasteiger charge is -2.25. The molecule has 100 valence electrons. The average molecular weight is 241 g/mol. The van der Waals surface area contributed by atoms with E-state index in [1.807, 2.05) is 11.9 Å². The third-order valence-electron chi connectivity index (χ3n) is 3.60. The van der Waals surface area contributed by atoms with E-state index in [4.69, 9.17) is 5.73 Å². The van der Waals surface area contributed by atoms with Gasteiger partial charge in [-0.15, -0.1) is 0 Å². The molecule has 0 bridgehead atoms. The highest BCUT2D eigenvalue weighted by molar-refractivity contribution is 5.78. The van der Waals surface area contributed by atoms with Crippen molar-refractivity contribution < 1.29 is 4.79 Å². The number of carbonyl (C=O) groups is 1. The Hall–Kier alpha value is -0.610. The Balaban J connectivity index is 2.29. The van der Waals surface area contributed by atoms with Gasteiger partial charge in [-0.25, -0.2) is 0 Å². The lowest BCUT2D eigenvalue weighted by molar-refractivity contribution is -0.134. The van der Waals surface area contributed by atoms with Crippen LogP contribution in [-0.4, -0.2) is 55.5 Å². The first-order valence-corrected chi connectivity index (χ1v) is 6.86. The Bertz CT molecular complexity index is 227. The molecule has 1 atom stereocenters. The van der Waals surface area contributed by atoms with E-state index in [9.17, 15) is 4.79 Å². The molecule has 2 N–H and O–H groups in total. The van der Waals surface area contributed by atoms with Crippen LogP contribution >= 0.6 is 0 Å². The van der Waals surface area contributed by atoms with Crippen LogP contribution in [0.15, 0.2) is 0 Å². The Kier molecular flexibility index (Phi) is 6.52. The van der Waals surface area contributed by atoms with Gasteiger partial charge in [0.2, 0.25) is 5.91 Å². The van der Waals surface area contributed by atoms with Gasteiger partial charge in [-0.3, -0.25) is 4.79 Å². The number of hydrogen-bond donors (Lipinski definition) is 1. The predicted octanol–water partition coefficient (Wildman–Crippen LogP) is 0.916. The molecule has 0 radical (unpaired) electrons. The highest BCUT2D eigenvalue weighted by atomic mass is 16.2. The van der Waals surface area contributed by atoms with E-state index in [1.54, 1.807) is 0 Å². The maximum absolute atomic E-state index is 12.1. The monoisotopic (exact) mass is 241 g/mol. The van der Waals surface area contributed by atoms with Gasteiger partial charge in [0.1, 0.15) is 0 Å². The number of hydrogen-bond acceptors (Lipinski definition) is 3. The second-order valence-electron chi connectivity index (χ2n) is 5.03. The van der Waals surface area contributed by atoms with Crippen LogP contribution in [0.1, 0.15) is 32.6 Å². The van der Waals surface area contributed by atoms with Crippen molar-refractivity contribution in [3.63, 3.8) is 0 Å². The fourth-order valence-corrected chi connectivity index (χ4v) is 2.41. The molecule has 0 aromatic heterocycles. The van der Waals surface area contributed by atoms with Crippen molar-refractivity contribution in [2.24, 2.45) is 11.7 Å². The van der Waals surface area contributed by atoms with Gasteiger partial charge in [0, 0.05) is 26.7 Å². The number of likely N-dealkylation sites (tertiary alicyclic amines) is 1. The number of amides is 1. The van der Waals surface area contributed by atoms with Crippen molar-refractivity contribution in [3.8, 4) is 0 Å². The van der Waals surface area contributed by atoms with Gasteiger partial charge >= 0.3 is 0 Å². The van der Waals surface area contributed by atoms with Gasteiger partial charge in [0.05, 0.1) is 5.92 Å². The summed E-state index contributed by atoms with van der Waals surface area (Å²) in [5.74, 6) is 0.233. The van der Waals surface area contributed by atoms with Crippen LogP contribution in [0.25, 0.3) is 0 Å². The number of nitrogens with two attached hydrogens (primary N) is 1. The van der Waals surface area contributed by atoms with Gasteiger partial charge in [0.25, 0.3) is 0 Å². The normalized spacial score (nSPS) is 18.3. The summed E-state index contributed by atoms with van der Waals surface area (Å²) in [6.07, 6.45) is 4.54. The molecule has 1 heterocycles. The lowest BCUT2D eigenvalue weighted by Crippen LogP contribution is -2.40. The number of carbonyl (C=O) groups excluding carboxylic acids is 1. The second kappa shape index (κ2) is 7.67. The first-order chi connectivity index (χ1) is 8.19. The van der Waals surface area contributed by atoms with Gasteiger partial charge in [-0.1, -0.05) is 13.3 Å². The number of nitrogens with zero attached hydrogens (tertiary/aromatic N) is 2. The fraction of sp³-hybridized carbons (Fsp3) is 0.923. The molecule has 4 heteroatoms. The summed E-state index contributed by atoms with van der Waals surface area (Å²) < 4.78 is 0. The topological polar surface area (TPSA) is 49.6 Å². The maximum Gasteiger partial charge on any atom is 0.226 e. The standard InChI is InChI=1S/C13H27N3O/c1-3-6-12(11-14)13(17)15(2)9-10-16-7-4-5-8-16/h12H,3-11,14H2,1-2H3. The smallest absolute Gasteiger partial charge is 0.226 e. The predicted molar refractivity (Wildman–Crippen MR) is 70.8 cm³/mol. The van der Waals surface area contributed by atoms with Crippen LogP contribution in [-0.2, 0) is 4.79 Å². The molecule has 1 fully saturated rings. The average Bonchev–Trinajstić information content (AvgIpc) is 2.85. The molecule has 1 unspecified atom stereocenters. The van der Waals surface area contributed by atoms with Crippen LogP contribution in [0.3, 0.4) is 0 Å². The fourth-order valence-electron chi connectivity index (χ4n) is 2.41. The number of rotatable bonds is 7. The van der Waals surface area contributed by atoms with E-state index in [-0.39, 0.29) is 11.8 Å². The molecule has 1 aliphatic heterocycles. The summed E-state index contributed by atoms with van der Waals surface area (Å²) in [6, 6.07) is 0. The maximum atomic E-state index is 12.1. The molecule has 0 spiro atoms. The van der Waals surface area contributed by atoms with E-state index >= 15 is 0 Å². The highest BCUT2D eigenvalue weighted by Crippen LogP contribution is 2.10. The van der Waals surface area contributed by atoms with Gasteiger partial charge in [-0.2, -0.15) is 0 Å². The summed E-state index contributed by atoms with van der Waals surface area (Å²) in [4.78, 5) is 16.4. The third-order valence-corrected chi connectivity index (χ3v) is 3.60. The Morgan fingerprint density at radius 1 is 1.41 bits per heavy atom. The van der Waals surface area contributed by atoms with Crippen LogP contribution in [0.4, 0.5) is 0 Å². The van der Waals surface area contributed by atoms with E-state index in [0.29, 0.717) is 6.54 Å². The van der Waals surface area contributed by atoms with Crippen LogP contribution in [0.5, 0.6) is 0 Å². The van der Waals surface area contributed by atoms with Gasteiger partial charge in [-0.05, 0) is 32.4 Å². The third kappa shape index (κ3) is 4.64. The summed E-state index contributed by atoms with van der Waals surface area (Å²) in [5, 5.41) is 0. The van der Waals surface area contributed by atoms with E-state index < -0.39 is 0 Å². The molecule has 4 nitrogen and oxygen atoms in total. The van der Waals surface area contributed by atoms with Crippen molar-refractivity contribution in [1.29, 1.82) is 0 Å². The summed E-state index contributed by atoms with van der Waals surface area (Å²) in [7, 11) is 1.90. The largest absolute Gasteiger partial charge is 0.344 e. The molecule has 0 aromatic carbocycles. The first kappa shape index (κ1) is 14.5. The molecule has 0 aromatic rings. The molecule has 1 rings (SSSR count). The molecule has 0 saturated carbocycles. The summed E-state index contributed by atoms with van der Waals surface area (Å²) in [5.41, 5.74) is 5.66. The van der Waals surface area contributed by atoms with Crippen LogP contribution < -0.4 is 5.73 Å². The zero-order valence-electron chi connectivity index (χ0n) is 11.3. The lowest BCUT2D eigenvalue weighted by atomic mass is 10.0. The SMILES string of the molecule is CCCC(CN)C(=O)N(C)CCN1CCCC1. The minimum Gasteiger partial charge on any atom is -0.344 e. The van der Waals surface area contributed by atoms with Crippen LogP contribution in [0.2, 0.25) is 0 Å². The van der Waals surface area contributed by atoms with Crippen molar-refractivity contribution in [1.82, 2.24) is 9.80 Å². The molecular weight excluding hydrogens is 214 g/mol. The van der Waals surface area contributed by atoms with Crippen LogP contribution in [0, 0.1) is 5.92 Å². The molecule has 1 amide bonds. The highest BCUT2D eigenvalue weighted by Gasteiger charge is 2.20. The Labute approximate surface area is 105 Å². The minimum absolute atomic E-state index is 0.0172. The number of likely N-dealkylation sites (N-methyl/N-ethyl adjacent to an activating group) is 1. The van der Waals surface area contributed by atoms with E-state index in [2.05, 4.69) is 11.8 Å². The van der Waals surface area contributed by atoms with E-state index in [0.717, 1.165) is 25.9 Å². The van der Waals surface area contributed by atoms with Gasteiger partial charge < -0.3 is 15.5 Å². The summed E-state index contributed by atoms with van der Waals surface area (Å²) in [6.45, 7) is 6.79. The second-order valence-corrected chi connectivity index (χ2v) is 5.03. The zero-order chi connectivity index (χ0) is 12.7. The van der Waals surface area contributed by atoms with Crippen molar-refractivity contribution in [2.75, 3.05) is 39.8 Å². The first-order valence-electron chi connectivity index (χ1n) is 6.86. The zero-order valence-corrected chi connectivity index (χ0v) is 11.3. The molecule has 17 heavy (non-hydrogen) atoms. The minimum atomic E-state index is 0.0172. The molecule has 1 aliphatic rings. The Morgan fingerprint density at radius 2 is 2.06 bits per heavy atom. The molecule has 0 aliphatic carbocycles. The molecular formula is C13H27N3O. The summed E-state index contributed by atoms with van der Waals surface area (Å²) >= 11 is 0. The quantitative estimate of drug-likeness (QED) is 0.721. The van der Waals surface area contributed by atoms with E-state index in [1.165, 1.54) is 25.9 Å².